The third-order valence-corrected chi connectivity index (χ3v) is 1.39. The summed E-state index contributed by atoms with van der Waals surface area (Å²) in [5, 5.41) is 6.65. The molecule has 0 saturated heterocycles. The number of ether oxygens (including phenoxy) is 1. The second-order valence-corrected chi connectivity index (χ2v) is 4.05. The van der Waals surface area contributed by atoms with E-state index in [9.17, 15) is 9.59 Å². The molecule has 0 unspecified atom stereocenters. The van der Waals surface area contributed by atoms with Gasteiger partial charge in [0.05, 0.1) is 6.21 Å². The summed E-state index contributed by atoms with van der Waals surface area (Å²) in [4.78, 5) is 21.8. The lowest BCUT2D eigenvalue weighted by Crippen LogP contribution is -2.23. The molecule has 0 radical (unpaired) electrons. The molecule has 0 rings (SSSR count). The number of Topliss-reactive ketones (excluding diaryl/α,β-unsaturated/α-hetero) is 1. The second-order valence-electron chi connectivity index (χ2n) is 4.05. The molecule has 0 atom stereocenters. The number of hydrogen-bond acceptors (Lipinski definition) is 4. The number of carbonyl (C=O) groups is 2. The molecule has 14 heavy (non-hydrogen) atoms. The Bertz CT molecular complexity index is 228. The van der Waals surface area contributed by atoms with Crippen molar-refractivity contribution >= 4 is 18.0 Å². The molecule has 0 aliphatic heterocycles. The van der Waals surface area contributed by atoms with Gasteiger partial charge in [0.2, 0.25) is 0 Å². The number of carbonyl (C=O) groups excluding carboxylic acids is 2. The predicted molar refractivity (Wildman–Crippen MR) is 53.5 cm³/mol. The van der Waals surface area contributed by atoms with Crippen LogP contribution in [0.4, 0.5) is 0 Å². The Balaban J connectivity index is 3.65. The van der Waals surface area contributed by atoms with E-state index in [-0.39, 0.29) is 24.6 Å². The van der Waals surface area contributed by atoms with Gasteiger partial charge < -0.3 is 10.1 Å². The van der Waals surface area contributed by atoms with Crippen LogP contribution in [0.15, 0.2) is 0 Å². The van der Waals surface area contributed by atoms with Gasteiger partial charge in [0, 0.05) is 12.8 Å². The molecule has 0 aromatic carbocycles. The molecule has 1 N–H and O–H groups in total. The normalized spacial score (nSPS) is 10.8. The van der Waals surface area contributed by atoms with Gasteiger partial charge in [0.15, 0.2) is 5.78 Å². The highest BCUT2D eigenvalue weighted by molar-refractivity contribution is 6.26. The molecule has 0 saturated carbocycles. The van der Waals surface area contributed by atoms with Gasteiger partial charge in [-0.15, -0.1) is 0 Å². The maximum atomic E-state index is 11.1. The van der Waals surface area contributed by atoms with Crippen LogP contribution in [0, 0.1) is 5.41 Å². The second kappa shape index (κ2) is 5.52. The van der Waals surface area contributed by atoms with Gasteiger partial charge in [-0.3, -0.25) is 9.59 Å². The fraction of sp³-hybridized carbons (Fsp3) is 0.700. The zero-order valence-electron chi connectivity index (χ0n) is 8.92. The summed E-state index contributed by atoms with van der Waals surface area (Å²) in [7, 11) is 0. The minimum Gasteiger partial charge on any atom is -0.460 e. The lowest BCUT2D eigenvalue weighted by Gasteiger charge is -2.19. The molecule has 0 spiro atoms. The van der Waals surface area contributed by atoms with E-state index < -0.39 is 5.60 Å². The van der Waals surface area contributed by atoms with E-state index in [2.05, 4.69) is 0 Å². The first kappa shape index (κ1) is 12.8. The Morgan fingerprint density at radius 3 is 2.29 bits per heavy atom. The molecule has 0 aliphatic rings. The van der Waals surface area contributed by atoms with Crippen molar-refractivity contribution in [2.75, 3.05) is 0 Å². The SMILES string of the molecule is CC(C)(C)OC(=O)CCCC(=O)C=N. The van der Waals surface area contributed by atoms with Crippen molar-refractivity contribution in [3.8, 4) is 0 Å². The Morgan fingerprint density at radius 2 is 1.86 bits per heavy atom. The van der Waals surface area contributed by atoms with Gasteiger partial charge in [-0.05, 0) is 27.2 Å². The summed E-state index contributed by atoms with van der Waals surface area (Å²) in [6.07, 6.45) is 1.69. The van der Waals surface area contributed by atoms with Crippen LogP contribution in [-0.2, 0) is 14.3 Å². The Labute approximate surface area is 84.1 Å². The summed E-state index contributed by atoms with van der Waals surface area (Å²) in [6.45, 7) is 5.40. The van der Waals surface area contributed by atoms with Crippen LogP contribution in [-0.4, -0.2) is 23.6 Å². The molecular weight excluding hydrogens is 182 g/mol. The first-order valence-electron chi connectivity index (χ1n) is 4.60. The molecular formula is C10H17NO3. The van der Waals surface area contributed by atoms with E-state index in [4.69, 9.17) is 10.1 Å². The van der Waals surface area contributed by atoms with E-state index in [1.165, 1.54) is 0 Å². The van der Waals surface area contributed by atoms with Crippen molar-refractivity contribution in [2.45, 2.75) is 45.6 Å². The van der Waals surface area contributed by atoms with E-state index in [1.54, 1.807) is 20.8 Å². The fourth-order valence-corrected chi connectivity index (χ4v) is 0.872. The molecule has 0 aromatic heterocycles. The molecule has 4 heteroatoms. The minimum atomic E-state index is -0.470. The number of ketones is 1. The monoisotopic (exact) mass is 199 g/mol. The van der Waals surface area contributed by atoms with Crippen LogP contribution >= 0.6 is 0 Å². The summed E-state index contributed by atoms with van der Waals surface area (Å²) < 4.78 is 5.05. The standard InChI is InChI=1S/C10H17NO3/c1-10(2,3)14-9(13)6-4-5-8(12)7-11/h7,11H,4-6H2,1-3H3. The molecule has 80 valence electrons. The van der Waals surface area contributed by atoms with Gasteiger partial charge in [-0.2, -0.15) is 0 Å². The third kappa shape index (κ3) is 7.46. The van der Waals surface area contributed by atoms with Crippen molar-refractivity contribution in [1.29, 1.82) is 5.41 Å². The van der Waals surface area contributed by atoms with Crippen molar-refractivity contribution in [2.24, 2.45) is 0 Å². The largest absolute Gasteiger partial charge is 0.460 e. The smallest absolute Gasteiger partial charge is 0.306 e. The Kier molecular flexibility index (Phi) is 5.05. The minimum absolute atomic E-state index is 0.233. The van der Waals surface area contributed by atoms with E-state index in [1.807, 2.05) is 0 Å². The van der Waals surface area contributed by atoms with E-state index in [0.29, 0.717) is 6.42 Å². The number of nitrogens with one attached hydrogen (secondary N) is 1. The first-order chi connectivity index (χ1) is 6.35. The van der Waals surface area contributed by atoms with Crippen LogP contribution in [0.2, 0.25) is 0 Å². The van der Waals surface area contributed by atoms with Crippen LogP contribution in [0.5, 0.6) is 0 Å². The highest BCUT2D eigenvalue weighted by Gasteiger charge is 2.15. The van der Waals surface area contributed by atoms with Gasteiger partial charge >= 0.3 is 5.97 Å². The number of hydrogen-bond donors (Lipinski definition) is 1. The molecule has 0 aliphatic carbocycles. The zero-order chi connectivity index (χ0) is 11.2. The highest BCUT2D eigenvalue weighted by atomic mass is 16.6. The summed E-state index contributed by atoms with van der Waals surface area (Å²) in [6, 6.07) is 0. The lowest BCUT2D eigenvalue weighted by molar-refractivity contribution is -0.154. The van der Waals surface area contributed by atoms with Gasteiger partial charge in [0.25, 0.3) is 0 Å². The number of rotatable bonds is 5. The molecule has 0 heterocycles. The summed E-state index contributed by atoms with van der Waals surface area (Å²) in [5.41, 5.74) is -0.470. The van der Waals surface area contributed by atoms with Crippen LogP contribution in [0.1, 0.15) is 40.0 Å². The average Bonchev–Trinajstić information content (AvgIpc) is 2.00. The third-order valence-electron chi connectivity index (χ3n) is 1.39. The predicted octanol–water partition coefficient (Wildman–Crippen LogP) is 1.72. The van der Waals surface area contributed by atoms with Crippen molar-refractivity contribution in [1.82, 2.24) is 0 Å². The van der Waals surface area contributed by atoms with Crippen molar-refractivity contribution in [3.63, 3.8) is 0 Å². The van der Waals surface area contributed by atoms with E-state index in [0.717, 1.165) is 6.21 Å². The topological polar surface area (TPSA) is 67.2 Å². The van der Waals surface area contributed by atoms with Crippen molar-refractivity contribution in [3.05, 3.63) is 0 Å². The molecule has 0 amide bonds. The fourth-order valence-electron chi connectivity index (χ4n) is 0.872. The zero-order valence-corrected chi connectivity index (χ0v) is 8.92. The Morgan fingerprint density at radius 1 is 1.29 bits per heavy atom. The van der Waals surface area contributed by atoms with Crippen LogP contribution in [0.25, 0.3) is 0 Å². The summed E-state index contributed by atoms with van der Waals surface area (Å²) >= 11 is 0. The van der Waals surface area contributed by atoms with Gasteiger partial charge in [-0.25, -0.2) is 0 Å². The number of esters is 1. The van der Waals surface area contributed by atoms with E-state index >= 15 is 0 Å². The maximum Gasteiger partial charge on any atom is 0.306 e. The van der Waals surface area contributed by atoms with Crippen LogP contribution in [0.3, 0.4) is 0 Å². The summed E-state index contributed by atoms with van der Waals surface area (Å²) in [5.74, 6) is -0.552. The maximum absolute atomic E-state index is 11.1. The highest BCUT2D eigenvalue weighted by Crippen LogP contribution is 2.09. The average molecular weight is 199 g/mol. The van der Waals surface area contributed by atoms with Gasteiger partial charge in [-0.1, -0.05) is 0 Å². The van der Waals surface area contributed by atoms with Crippen LogP contribution < -0.4 is 0 Å². The molecule has 0 aromatic rings. The van der Waals surface area contributed by atoms with Crippen molar-refractivity contribution < 1.29 is 14.3 Å². The quantitative estimate of drug-likeness (QED) is 0.541. The Hall–Kier alpha value is -1.19. The molecule has 0 bridgehead atoms. The molecule has 4 nitrogen and oxygen atoms in total. The van der Waals surface area contributed by atoms with Gasteiger partial charge in [0.1, 0.15) is 5.60 Å². The molecule has 0 fully saturated rings. The first-order valence-corrected chi connectivity index (χ1v) is 4.60. The lowest BCUT2D eigenvalue weighted by atomic mass is 10.1.